The molecule has 3 rings (SSSR count). The summed E-state index contributed by atoms with van der Waals surface area (Å²) in [6.07, 6.45) is 10.3. The molecule has 1 aliphatic rings. The van der Waals surface area contributed by atoms with Crippen molar-refractivity contribution < 1.29 is 9.18 Å². The van der Waals surface area contributed by atoms with Crippen molar-refractivity contribution in [1.82, 2.24) is 9.78 Å². The van der Waals surface area contributed by atoms with Crippen LogP contribution in [-0.2, 0) is 0 Å². The molecule has 2 aromatic rings. The molecule has 104 valence electrons. The number of aromatic nitrogens is 2. The van der Waals surface area contributed by atoms with Gasteiger partial charge in [0.1, 0.15) is 5.82 Å². The highest BCUT2D eigenvalue weighted by Gasteiger charge is 2.17. The van der Waals surface area contributed by atoms with Crippen LogP contribution < -0.4 is 0 Å². The van der Waals surface area contributed by atoms with E-state index in [0.29, 0.717) is 17.9 Å². The van der Waals surface area contributed by atoms with Crippen LogP contribution in [0.2, 0.25) is 0 Å². The molecule has 1 aliphatic carbocycles. The second kappa shape index (κ2) is 5.57. The van der Waals surface area contributed by atoms with Crippen LogP contribution in [0, 0.1) is 5.82 Å². The number of benzene rings is 1. The van der Waals surface area contributed by atoms with E-state index in [2.05, 4.69) is 5.10 Å². The van der Waals surface area contributed by atoms with Crippen molar-refractivity contribution in [2.75, 3.05) is 0 Å². The highest BCUT2D eigenvalue weighted by atomic mass is 19.1. The lowest BCUT2D eigenvalue weighted by Gasteiger charge is -2.21. The first-order chi connectivity index (χ1) is 9.79. The summed E-state index contributed by atoms with van der Waals surface area (Å²) >= 11 is 0. The van der Waals surface area contributed by atoms with E-state index >= 15 is 0 Å². The number of halogens is 1. The minimum absolute atomic E-state index is 0.107. The fraction of sp³-hybridized carbons (Fsp3) is 0.375. The normalized spacial score (nSPS) is 16.2. The molecule has 0 aliphatic heterocycles. The minimum Gasteiger partial charge on any atom is -0.298 e. The van der Waals surface area contributed by atoms with Gasteiger partial charge < -0.3 is 0 Å². The Morgan fingerprint density at radius 1 is 1.25 bits per heavy atom. The summed E-state index contributed by atoms with van der Waals surface area (Å²) in [5.41, 5.74) is 1.52. The average Bonchev–Trinajstić information content (AvgIpc) is 2.97. The third kappa shape index (κ3) is 2.38. The molecule has 0 amide bonds. The van der Waals surface area contributed by atoms with Gasteiger partial charge in [-0.05, 0) is 24.5 Å². The lowest BCUT2D eigenvalue weighted by molar-refractivity contribution is 0.112. The topological polar surface area (TPSA) is 34.9 Å². The molecule has 0 N–H and O–H groups in total. The second-order valence-corrected chi connectivity index (χ2v) is 5.32. The van der Waals surface area contributed by atoms with Crippen LogP contribution in [0.15, 0.2) is 30.6 Å². The number of nitrogens with zero attached hydrogens (tertiary/aromatic N) is 2. The fourth-order valence-electron chi connectivity index (χ4n) is 2.93. The van der Waals surface area contributed by atoms with E-state index in [1.807, 2.05) is 10.9 Å². The smallest absolute Gasteiger partial charge is 0.153 e. The zero-order chi connectivity index (χ0) is 13.9. The maximum absolute atomic E-state index is 13.6. The molecule has 20 heavy (non-hydrogen) atoms. The molecule has 0 bridgehead atoms. The molecule has 4 heteroatoms. The van der Waals surface area contributed by atoms with Crippen molar-refractivity contribution in [2.45, 2.75) is 38.1 Å². The molecular formula is C16H17FN2O. The van der Waals surface area contributed by atoms with Gasteiger partial charge in [0.2, 0.25) is 0 Å². The predicted molar refractivity (Wildman–Crippen MR) is 75.1 cm³/mol. The Hall–Kier alpha value is -1.97. The lowest BCUT2D eigenvalue weighted by Crippen LogP contribution is -2.12. The van der Waals surface area contributed by atoms with E-state index in [9.17, 15) is 9.18 Å². The Labute approximate surface area is 117 Å². The number of hydrogen-bond acceptors (Lipinski definition) is 2. The quantitative estimate of drug-likeness (QED) is 0.791. The Morgan fingerprint density at radius 3 is 2.80 bits per heavy atom. The van der Waals surface area contributed by atoms with Crippen molar-refractivity contribution in [3.63, 3.8) is 0 Å². The average molecular weight is 272 g/mol. The van der Waals surface area contributed by atoms with Gasteiger partial charge in [0.15, 0.2) is 6.29 Å². The van der Waals surface area contributed by atoms with Gasteiger partial charge in [0, 0.05) is 11.8 Å². The Kier molecular flexibility index (Phi) is 3.63. The Morgan fingerprint density at radius 2 is 2.05 bits per heavy atom. The van der Waals surface area contributed by atoms with E-state index in [4.69, 9.17) is 0 Å². The summed E-state index contributed by atoms with van der Waals surface area (Å²) in [6.45, 7) is 0. The lowest BCUT2D eigenvalue weighted by atomic mass is 9.95. The van der Waals surface area contributed by atoms with Crippen LogP contribution >= 0.6 is 0 Å². The van der Waals surface area contributed by atoms with Gasteiger partial charge in [-0.2, -0.15) is 5.10 Å². The molecule has 1 saturated carbocycles. The molecule has 0 atom stereocenters. The zero-order valence-corrected chi connectivity index (χ0v) is 11.3. The molecule has 0 unspecified atom stereocenters. The number of carbonyl (C=O) groups is 1. The third-order valence-electron chi connectivity index (χ3n) is 4.03. The van der Waals surface area contributed by atoms with Crippen molar-refractivity contribution in [2.24, 2.45) is 0 Å². The molecular weight excluding hydrogens is 255 g/mol. The van der Waals surface area contributed by atoms with E-state index in [-0.39, 0.29) is 5.56 Å². The Bertz CT molecular complexity index is 615. The molecule has 0 saturated heterocycles. The largest absolute Gasteiger partial charge is 0.298 e. The van der Waals surface area contributed by atoms with Gasteiger partial charge in [-0.25, -0.2) is 4.39 Å². The van der Waals surface area contributed by atoms with Crippen LogP contribution in [0.25, 0.3) is 11.1 Å². The van der Waals surface area contributed by atoms with Crippen LogP contribution in [0.3, 0.4) is 0 Å². The minimum atomic E-state index is -0.483. The van der Waals surface area contributed by atoms with Gasteiger partial charge in [-0.15, -0.1) is 0 Å². The maximum Gasteiger partial charge on any atom is 0.153 e. The van der Waals surface area contributed by atoms with E-state index in [1.165, 1.54) is 25.3 Å². The standard InChI is InChI=1S/C16H17FN2O/c17-16-8-4-7-14(15(16)11-20)12-9-18-19(10-12)13-5-2-1-3-6-13/h4,7-11,13H,1-3,5-6H2. The number of carbonyl (C=O) groups excluding carboxylic acids is 1. The fourth-order valence-corrected chi connectivity index (χ4v) is 2.93. The van der Waals surface area contributed by atoms with Gasteiger partial charge in [0.25, 0.3) is 0 Å². The summed E-state index contributed by atoms with van der Waals surface area (Å²) in [5, 5.41) is 4.40. The summed E-state index contributed by atoms with van der Waals surface area (Å²) in [4.78, 5) is 11.1. The molecule has 1 heterocycles. The predicted octanol–water partition coefficient (Wildman–Crippen LogP) is 4.01. The van der Waals surface area contributed by atoms with Crippen molar-refractivity contribution in [1.29, 1.82) is 0 Å². The van der Waals surface area contributed by atoms with E-state index < -0.39 is 5.82 Å². The van der Waals surface area contributed by atoms with Gasteiger partial charge in [-0.1, -0.05) is 31.4 Å². The number of rotatable bonds is 3. The summed E-state index contributed by atoms with van der Waals surface area (Å²) in [5.74, 6) is -0.483. The van der Waals surface area contributed by atoms with Crippen molar-refractivity contribution >= 4 is 6.29 Å². The first-order valence-electron chi connectivity index (χ1n) is 7.08. The SMILES string of the molecule is O=Cc1c(F)cccc1-c1cnn(C2CCCCC2)c1. The molecule has 1 aromatic heterocycles. The van der Waals surface area contributed by atoms with E-state index in [1.54, 1.807) is 18.3 Å². The number of aldehydes is 1. The third-order valence-corrected chi connectivity index (χ3v) is 4.03. The van der Waals surface area contributed by atoms with E-state index in [0.717, 1.165) is 18.4 Å². The first kappa shape index (κ1) is 13.0. The van der Waals surface area contributed by atoms with Crippen molar-refractivity contribution in [3.05, 3.63) is 42.0 Å². The monoisotopic (exact) mass is 272 g/mol. The molecule has 1 fully saturated rings. The first-order valence-corrected chi connectivity index (χ1v) is 7.08. The van der Waals surface area contributed by atoms with Crippen molar-refractivity contribution in [3.8, 4) is 11.1 Å². The van der Waals surface area contributed by atoms with Crippen LogP contribution in [0.1, 0.15) is 48.5 Å². The molecule has 3 nitrogen and oxygen atoms in total. The zero-order valence-electron chi connectivity index (χ0n) is 11.3. The van der Waals surface area contributed by atoms with Crippen LogP contribution in [-0.4, -0.2) is 16.1 Å². The second-order valence-electron chi connectivity index (χ2n) is 5.32. The molecule has 0 spiro atoms. The summed E-state index contributed by atoms with van der Waals surface area (Å²) in [6, 6.07) is 5.12. The summed E-state index contributed by atoms with van der Waals surface area (Å²) in [7, 11) is 0. The number of hydrogen-bond donors (Lipinski definition) is 0. The van der Waals surface area contributed by atoms with Crippen LogP contribution in [0.5, 0.6) is 0 Å². The van der Waals surface area contributed by atoms with Gasteiger partial charge >= 0.3 is 0 Å². The maximum atomic E-state index is 13.6. The summed E-state index contributed by atoms with van der Waals surface area (Å²) < 4.78 is 15.6. The molecule has 0 radical (unpaired) electrons. The highest BCUT2D eigenvalue weighted by Crippen LogP contribution is 2.30. The molecule has 1 aromatic carbocycles. The van der Waals surface area contributed by atoms with Crippen LogP contribution in [0.4, 0.5) is 4.39 Å². The highest BCUT2D eigenvalue weighted by molar-refractivity contribution is 5.87. The Balaban J connectivity index is 1.93. The van der Waals surface area contributed by atoms with Gasteiger partial charge in [0.05, 0.1) is 17.8 Å². The van der Waals surface area contributed by atoms with Gasteiger partial charge in [-0.3, -0.25) is 9.48 Å².